The minimum atomic E-state index is -0.184. The number of aryl methyl sites for hydroxylation is 1. The highest BCUT2D eigenvalue weighted by atomic mass is 32.1. The standard InChI is InChI=1S/C17H16N2O2S/c1-21-16(20)10-8-12-7-9-14-15(11-12)22-17(19-14)18-13-5-3-2-4-6-13/h2-7,9,11H,8,10H2,1H3,(H,18,19). The second-order valence-corrected chi connectivity index (χ2v) is 5.92. The van der Waals surface area contributed by atoms with Crippen LogP contribution in [0.3, 0.4) is 0 Å². The lowest BCUT2D eigenvalue weighted by Gasteiger charge is -2.00. The maximum absolute atomic E-state index is 11.2. The highest BCUT2D eigenvalue weighted by molar-refractivity contribution is 7.22. The second-order valence-electron chi connectivity index (χ2n) is 4.89. The molecule has 0 amide bonds. The first kappa shape index (κ1) is 14.5. The second kappa shape index (κ2) is 6.58. The maximum Gasteiger partial charge on any atom is 0.305 e. The fraction of sp³-hybridized carbons (Fsp3) is 0.176. The summed E-state index contributed by atoms with van der Waals surface area (Å²) in [7, 11) is 1.41. The monoisotopic (exact) mass is 312 g/mol. The van der Waals surface area contributed by atoms with Gasteiger partial charge in [0.25, 0.3) is 0 Å². The molecule has 0 saturated carbocycles. The van der Waals surface area contributed by atoms with Crippen LogP contribution in [0.2, 0.25) is 0 Å². The number of rotatable bonds is 5. The number of hydrogen-bond acceptors (Lipinski definition) is 5. The van der Waals surface area contributed by atoms with Crippen LogP contribution in [0.25, 0.3) is 10.2 Å². The maximum atomic E-state index is 11.2. The number of thiazole rings is 1. The quantitative estimate of drug-likeness (QED) is 0.719. The summed E-state index contributed by atoms with van der Waals surface area (Å²) in [5.74, 6) is -0.184. The first-order valence-corrected chi connectivity index (χ1v) is 7.84. The minimum absolute atomic E-state index is 0.184. The van der Waals surface area contributed by atoms with Crippen LogP contribution in [-0.4, -0.2) is 18.1 Å². The van der Waals surface area contributed by atoms with Gasteiger partial charge in [0.05, 0.1) is 17.3 Å². The van der Waals surface area contributed by atoms with Crippen molar-refractivity contribution in [3.8, 4) is 0 Å². The Labute approximate surface area is 132 Å². The number of nitrogens with one attached hydrogen (secondary N) is 1. The van der Waals surface area contributed by atoms with Crippen molar-refractivity contribution in [3.63, 3.8) is 0 Å². The smallest absolute Gasteiger partial charge is 0.305 e. The van der Waals surface area contributed by atoms with E-state index >= 15 is 0 Å². The van der Waals surface area contributed by atoms with E-state index in [0.29, 0.717) is 12.8 Å². The van der Waals surface area contributed by atoms with Gasteiger partial charge in [0, 0.05) is 12.1 Å². The number of ether oxygens (including phenoxy) is 1. The summed E-state index contributed by atoms with van der Waals surface area (Å²) in [5.41, 5.74) is 3.10. The fourth-order valence-electron chi connectivity index (χ4n) is 2.17. The van der Waals surface area contributed by atoms with Crippen molar-refractivity contribution in [2.75, 3.05) is 12.4 Å². The lowest BCUT2D eigenvalue weighted by Crippen LogP contribution is -2.01. The van der Waals surface area contributed by atoms with Crippen LogP contribution in [0.1, 0.15) is 12.0 Å². The Hall–Kier alpha value is -2.40. The van der Waals surface area contributed by atoms with Crippen molar-refractivity contribution in [1.29, 1.82) is 0 Å². The molecule has 112 valence electrons. The summed E-state index contributed by atoms with van der Waals surface area (Å²) in [5, 5.41) is 4.17. The van der Waals surface area contributed by atoms with Crippen LogP contribution in [0.15, 0.2) is 48.5 Å². The molecule has 5 heteroatoms. The van der Waals surface area contributed by atoms with Gasteiger partial charge >= 0.3 is 5.97 Å². The molecule has 22 heavy (non-hydrogen) atoms. The van der Waals surface area contributed by atoms with E-state index in [0.717, 1.165) is 26.6 Å². The summed E-state index contributed by atoms with van der Waals surface area (Å²) >= 11 is 1.61. The Kier molecular flexibility index (Phi) is 4.34. The van der Waals surface area contributed by atoms with Crippen molar-refractivity contribution >= 4 is 38.3 Å². The zero-order chi connectivity index (χ0) is 15.4. The van der Waals surface area contributed by atoms with E-state index in [1.165, 1.54) is 7.11 Å². The van der Waals surface area contributed by atoms with Gasteiger partial charge in [-0.2, -0.15) is 0 Å². The lowest BCUT2D eigenvalue weighted by molar-refractivity contribution is -0.140. The zero-order valence-electron chi connectivity index (χ0n) is 12.2. The average molecular weight is 312 g/mol. The number of esters is 1. The molecule has 2 aromatic carbocycles. The van der Waals surface area contributed by atoms with E-state index in [9.17, 15) is 4.79 Å². The van der Waals surface area contributed by atoms with E-state index in [1.807, 2.05) is 42.5 Å². The fourth-order valence-corrected chi connectivity index (χ4v) is 3.12. The molecular formula is C17H16N2O2S. The van der Waals surface area contributed by atoms with Crippen LogP contribution in [0.5, 0.6) is 0 Å². The van der Waals surface area contributed by atoms with Gasteiger partial charge in [-0.25, -0.2) is 4.98 Å². The van der Waals surface area contributed by atoms with Gasteiger partial charge in [0.1, 0.15) is 0 Å². The number of anilines is 2. The number of para-hydroxylation sites is 1. The minimum Gasteiger partial charge on any atom is -0.469 e. The summed E-state index contributed by atoms with van der Waals surface area (Å²) in [4.78, 5) is 15.8. The molecule has 0 saturated heterocycles. The van der Waals surface area contributed by atoms with Crippen LogP contribution in [0, 0.1) is 0 Å². The van der Waals surface area contributed by atoms with Gasteiger partial charge in [0.15, 0.2) is 5.13 Å². The molecule has 4 nitrogen and oxygen atoms in total. The zero-order valence-corrected chi connectivity index (χ0v) is 13.0. The first-order chi connectivity index (χ1) is 10.7. The molecule has 1 heterocycles. The van der Waals surface area contributed by atoms with E-state index in [2.05, 4.69) is 21.1 Å². The molecule has 0 radical (unpaired) electrons. The molecule has 1 N–H and O–H groups in total. The summed E-state index contributed by atoms with van der Waals surface area (Å²) in [6.45, 7) is 0. The number of fused-ring (bicyclic) bond motifs is 1. The number of carbonyl (C=O) groups is 1. The SMILES string of the molecule is COC(=O)CCc1ccc2nc(Nc3ccccc3)sc2c1. The molecule has 1 aromatic heterocycles. The predicted molar refractivity (Wildman–Crippen MR) is 89.7 cm³/mol. The highest BCUT2D eigenvalue weighted by Gasteiger charge is 2.07. The number of benzene rings is 2. The molecule has 3 rings (SSSR count). The molecule has 0 bridgehead atoms. The van der Waals surface area contributed by atoms with Gasteiger partial charge in [0.2, 0.25) is 0 Å². The third kappa shape index (κ3) is 3.43. The molecule has 0 atom stereocenters. The topological polar surface area (TPSA) is 51.2 Å². The summed E-state index contributed by atoms with van der Waals surface area (Å²) in [6, 6.07) is 16.1. The summed E-state index contributed by atoms with van der Waals surface area (Å²) in [6.07, 6.45) is 1.08. The molecule has 0 aliphatic carbocycles. The van der Waals surface area contributed by atoms with Gasteiger partial charge in [-0.1, -0.05) is 35.6 Å². The molecule has 0 aliphatic rings. The van der Waals surface area contributed by atoms with Crippen molar-refractivity contribution < 1.29 is 9.53 Å². The third-order valence-electron chi connectivity index (χ3n) is 3.32. The number of carbonyl (C=O) groups excluding carboxylic acids is 1. The Morgan fingerprint density at radius 2 is 2.05 bits per heavy atom. The first-order valence-electron chi connectivity index (χ1n) is 7.03. The molecule has 0 spiro atoms. The third-order valence-corrected chi connectivity index (χ3v) is 4.26. The van der Waals surface area contributed by atoms with E-state index in [-0.39, 0.29) is 5.97 Å². The Morgan fingerprint density at radius 1 is 1.23 bits per heavy atom. The lowest BCUT2D eigenvalue weighted by atomic mass is 10.1. The van der Waals surface area contributed by atoms with E-state index < -0.39 is 0 Å². The van der Waals surface area contributed by atoms with Crippen LogP contribution in [-0.2, 0) is 16.0 Å². The van der Waals surface area contributed by atoms with Gasteiger partial charge in [-0.05, 0) is 36.2 Å². The normalized spacial score (nSPS) is 10.6. The van der Waals surface area contributed by atoms with Crippen molar-refractivity contribution in [3.05, 3.63) is 54.1 Å². The van der Waals surface area contributed by atoms with Gasteiger partial charge < -0.3 is 10.1 Å². The molecule has 0 aliphatic heterocycles. The molecular weight excluding hydrogens is 296 g/mol. The Morgan fingerprint density at radius 3 is 2.82 bits per heavy atom. The molecule has 0 unspecified atom stereocenters. The number of hydrogen-bond donors (Lipinski definition) is 1. The largest absolute Gasteiger partial charge is 0.469 e. The van der Waals surface area contributed by atoms with Gasteiger partial charge in [-0.15, -0.1) is 0 Å². The van der Waals surface area contributed by atoms with Gasteiger partial charge in [-0.3, -0.25) is 4.79 Å². The molecule has 0 fully saturated rings. The number of methoxy groups -OCH3 is 1. The van der Waals surface area contributed by atoms with Crippen LogP contribution in [0.4, 0.5) is 10.8 Å². The van der Waals surface area contributed by atoms with E-state index in [1.54, 1.807) is 11.3 Å². The van der Waals surface area contributed by atoms with Crippen molar-refractivity contribution in [2.45, 2.75) is 12.8 Å². The van der Waals surface area contributed by atoms with Crippen LogP contribution >= 0.6 is 11.3 Å². The average Bonchev–Trinajstić information content (AvgIpc) is 2.94. The van der Waals surface area contributed by atoms with E-state index in [4.69, 9.17) is 0 Å². The molecule has 3 aromatic rings. The Balaban J connectivity index is 1.77. The number of aromatic nitrogens is 1. The Bertz CT molecular complexity index is 784. The summed E-state index contributed by atoms with van der Waals surface area (Å²) < 4.78 is 5.78. The van der Waals surface area contributed by atoms with Crippen molar-refractivity contribution in [2.24, 2.45) is 0 Å². The number of nitrogens with zero attached hydrogens (tertiary/aromatic N) is 1. The van der Waals surface area contributed by atoms with Crippen LogP contribution < -0.4 is 5.32 Å². The van der Waals surface area contributed by atoms with Crippen molar-refractivity contribution in [1.82, 2.24) is 4.98 Å². The predicted octanol–water partition coefficient (Wildman–Crippen LogP) is 4.15. The highest BCUT2D eigenvalue weighted by Crippen LogP contribution is 2.29.